The van der Waals surface area contributed by atoms with Crippen LogP contribution in [0.1, 0.15) is 34.8 Å². The van der Waals surface area contributed by atoms with Crippen LogP contribution in [-0.4, -0.2) is 52.2 Å². The molecule has 2 heterocycles. The minimum atomic E-state index is -0.419. The molecule has 1 amide bonds. The predicted octanol–water partition coefficient (Wildman–Crippen LogP) is 0.343. The quantitative estimate of drug-likeness (QED) is 0.591. The largest absolute Gasteiger partial charge is 0.507 e. The van der Waals surface area contributed by atoms with Crippen LogP contribution in [0.15, 0.2) is 36.9 Å². The van der Waals surface area contributed by atoms with Gasteiger partial charge in [-0.2, -0.15) is 5.10 Å². The van der Waals surface area contributed by atoms with Gasteiger partial charge in [0.25, 0.3) is 5.91 Å². The lowest BCUT2D eigenvalue weighted by Gasteiger charge is -2.37. The number of aliphatic hydroxyl groups is 1. The van der Waals surface area contributed by atoms with Crippen molar-refractivity contribution in [2.75, 3.05) is 0 Å². The van der Waals surface area contributed by atoms with Crippen LogP contribution in [0, 0.1) is 5.92 Å². The maximum atomic E-state index is 12.9. The number of aromatic hydroxyl groups is 1. The van der Waals surface area contributed by atoms with Gasteiger partial charge in [-0.3, -0.25) is 9.48 Å². The SMILES string of the molecule is Cn1cc(C(NC(=O)c2cc(-n3cnnn3)ccc2O)C2CC(O)C2)cn1. The first kappa shape index (κ1) is 17.2. The molecule has 0 radical (unpaired) electrons. The van der Waals surface area contributed by atoms with E-state index in [1.165, 1.54) is 23.1 Å². The summed E-state index contributed by atoms with van der Waals surface area (Å²) >= 11 is 0. The number of tetrazole rings is 1. The Hall–Kier alpha value is -3.27. The van der Waals surface area contributed by atoms with Gasteiger partial charge in [0, 0.05) is 18.8 Å². The van der Waals surface area contributed by atoms with Gasteiger partial charge in [0.05, 0.1) is 29.6 Å². The molecule has 4 rings (SSSR count). The summed E-state index contributed by atoms with van der Waals surface area (Å²) in [4.78, 5) is 12.9. The molecule has 2 aromatic heterocycles. The number of aromatic nitrogens is 6. The minimum absolute atomic E-state index is 0.109. The van der Waals surface area contributed by atoms with Crippen molar-refractivity contribution in [1.82, 2.24) is 35.3 Å². The highest BCUT2D eigenvalue weighted by atomic mass is 16.3. The molecule has 10 heteroatoms. The number of phenolic OH excluding ortho intramolecular Hbond substituents is 1. The summed E-state index contributed by atoms with van der Waals surface area (Å²) in [6, 6.07) is 4.27. The molecule has 3 N–H and O–H groups in total. The molecule has 3 aromatic rings. The number of amides is 1. The molecular weight excluding hydrogens is 350 g/mol. The van der Waals surface area contributed by atoms with E-state index < -0.39 is 5.91 Å². The fourth-order valence-corrected chi connectivity index (χ4v) is 3.32. The average Bonchev–Trinajstić information content (AvgIpc) is 3.29. The number of phenols is 1. The number of aryl methyl sites for hydroxylation is 1. The lowest BCUT2D eigenvalue weighted by molar-refractivity contribution is 0.0235. The second-order valence-corrected chi connectivity index (χ2v) is 6.74. The molecule has 1 aromatic carbocycles. The summed E-state index contributed by atoms with van der Waals surface area (Å²) in [5, 5.41) is 37.9. The standard InChI is InChI=1S/C17H19N7O3/c1-23-8-11(7-19-23)16(10-4-13(25)5-10)20-17(27)14-6-12(2-3-15(14)26)24-9-18-21-22-24/h2-3,6-10,13,16,25-26H,4-5H2,1H3,(H,20,27). The monoisotopic (exact) mass is 369 g/mol. The van der Waals surface area contributed by atoms with Crippen molar-refractivity contribution >= 4 is 5.91 Å². The van der Waals surface area contributed by atoms with Gasteiger partial charge in [-0.15, -0.1) is 5.10 Å². The number of nitrogens with one attached hydrogen (secondary N) is 1. The first-order valence-corrected chi connectivity index (χ1v) is 8.55. The van der Waals surface area contributed by atoms with Crippen molar-refractivity contribution in [3.8, 4) is 11.4 Å². The van der Waals surface area contributed by atoms with Crippen LogP contribution < -0.4 is 5.32 Å². The Morgan fingerprint density at radius 1 is 1.37 bits per heavy atom. The second kappa shape index (κ2) is 6.80. The van der Waals surface area contributed by atoms with Crippen LogP contribution in [0.5, 0.6) is 5.75 Å². The number of carbonyl (C=O) groups is 1. The van der Waals surface area contributed by atoms with Crippen molar-refractivity contribution < 1.29 is 15.0 Å². The molecular formula is C17H19N7O3. The number of carbonyl (C=O) groups excluding carboxylic acids is 1. The van der Waals surface area contributed by atoms with Crippen molar-refractivity contribution in [2.45, 2.75) is 25.0 Å². The molecule has 1 aliphatic rings. The molecule has 10 nitrogen and oxygen atoms in total. The van der Waals surface area contributed by atoms with Crippen molar-refractivity contribution in [3.05, 3.63) is 48.0 Å². The van der Waals surface area contributed by atoms with Gasteiger partial charge >= 0.3 is 0 Å². The van der Waals surface area contributed by atoms with E-state index in [-0.39, 0.29) is 29.4 Å². The summed E-state index contributed by atoms with van der Waals surface area (Å²) in [5.41, 5.74) is 1.54. The minimum Gasteiger partial charge on any atom is -0.507 e. The molecule has 0 spiro atoms. The average molecular weight is 369 g/mol. The topological polar surface area (TPSA) is 131 Å². The van der Waals surface area contributed by atoms with Gasteiger partial charge in [-0.1, -0.05) is 0 Å². The first-order chi connectivity index (χ1) is 13.0. The van der Waals surface area contributed by atoms with Crippen molar-refractivity contribution in [3.63, 3.8) is 0 Å². The molecule has 1 atom stereocenters. The van der Waals surface area contributed by atoms with Crippen LogP contribution in [0.25, 0.3) is 5.69 Å². The first-order valence-electron chi connectivity index (χ1n) is 8.55. The van der Waals surface area contributed by atoms with Gasteiger partial charge in [0.2, 0.25) is 0 Å². The van der Waals surface area contributed by atoms with Gasteiger partial charge in [-0.25, -0.2) is 4.68 Å². The molecule has 0 saturated heterocycles. The third-order valence-electron chi connectivity index (χ3n) is 4.83. The molecule has 1 aliphatic carbocycles. The van der Waals surface area contributed by atoms with Crippen molar-refractivity contribution in [2.24, 2.45) is 13.0 Å². The van der Waals surface area contributed by atoms with E-state index >= 15 is 0 Å². The van der Waals surface area contributed by atoms with Gasteiger partial charge in [0.1, 0.15) is 12.1 Å². The Bertz CT molecular complexity index is 947. The number of nitrogens with zero attached hydrogens (tertiary/aromatic N) is 6. The van der Waals surface area contributed by atoms with E-state index in [1.54, 1.807) is 24.0 Å². The Morgan fingerprint density at radius 3 is 2.81 bits per heavy atom. The zero-order valence-corrected chi connectivity index (χ0v) is 14.6. The maximum absolute atomic E-state index is 12.9. The van der Waals surface area contributed by atoms with E-state index in [9.17, 15) is 15.0 Å². The van der Waals surface area contributed by atoms with Crippen LogP contribution in [0.2, 0.25) is 0 Å². The Kier molecular flexibility index (Phi) is 4.32. The van der Waals surface area contributed by atoms with Crippen LogP contribution in [-0.2, 0) is 7.05 Å². The molecule has 0 bridgehead atoms. The van der Waals surface area contributed by atoms with Crippen molar-refractivity contribution in [1.29, 1.82) is 0 Å². The molecule has 27 heavy (non-hydrogen) atoms. The zero-order chi connectivity index (χ0) is 19.0. The molecule has 1 saturated carbocycles. The number of benzene rings is 1. The van der Waals surface area contributed by atoms with Gasteiger partial charge in [0.15, 0.2) is 0 Å². The molecule has 1 fully saturated rings. The lowest BCUT2D eigenvalue weighted by atomic mass is 9.75. The number of aliphatic hydroxyl groups excluding tert-OH is 1. The Labute approximate surface area is 154 Å². The van der Waals surface area contributed by atoms with Gasteiger partial charge < -0.3 is 15.5 Å². The zero-order valence-electron chi connectivity index (χ0n) is 14.6. The third kappa shape index (κ3) is 3.38. The highest BCUT2D eigenvalue weighted by molar-refractivity contribution is 5.97. The van der Waals surface area contributed by atoms with E-state index in [4.69, 9.17) is 0 Å². The number of hydrogen-bond donors (Lipinski definition) is 3. The summed E-state index contributed by atoms with van der Waals surface area (Å²) < 4.78 is 3.07. The smallest absolute Gasteiger partial charge is 0.255 e. The maximum Gasteiger partial charge on any atom is 0.255 e. The van der Waals surface area contributed by atoms with E-state index in [0.29, 0.717) is 18.5 Å². The highest BCUT2D eigenvalue weighted by Crippen LogP contribution is 2.38. The lowest BCUT2D eigenvalue weighted by Crippen LogP contribution is -2.41. The molecule has 140 valence electrons. The second-order valence-electron chi connectivity index (χ2n) is 6.74. The Balaban J connectivity index is 1.60. The molecule has 0 aliphatic heterocycles. The fourth-order valence-electron chi connectivity index (χ4n) is 3.32. The predicted molar refractivity (Wildman–Crippen MR) is 93.0 cm³/mol. The van der Waals surface area contributed by atoms with Gasteiger partial charge in [-0.05, 0) is 47.4 Å². The normalized spacial score (nSPS) is 20.1. The van der Waals surface area contributed by atoms with E-state index in [0.717, 1.165) is 5.56 Å². The van der Waals surface area contributed by atoms with Crippen LogP contribution in [0.4, 0.5) is 0 Å². The van der Waals surface area contributed by atoms with Crippen LogP contribution in [0.3, 0.4) is 0 Å². The summed E-state index contributed by atoms with van der Waals surface area (Å²) in [7, 11) is 1.81. The Morgan fingerprint density at radius 2 is 2.19 bits per heavy atom. The van der Waals surface area contributed by atoms with Crippen LogP contribution >= 0.6 is 0 Å². The van der Waals surface area contributed by atoms with E-state index in [1.807, 2.05) is 6.20 Å². The number of hydrogen-bond acceptors (Lipinski definition) is 7. The third-order valence-corrected chi connectivity index (χ3v) is 4.83. The fraction of sp³-hybridized carbons (Fsp3) is 0.353. The highest BCUT2D eigenvalue weighted by Gasteiger charge is 2.36. The molecule has 1 unspecified atom stereocenters. The van der Waals surface area contributed by atoms with E-state index in [2.05, 4.69) is 25.9 Å². The number of rotatable bonds is 5. The summed E-state index contributed by atoms with van der Waals surface area (Å²) in [6.45, 7) is 0. The summed E-state index contributed by atoms with van der Waals surface area (Å²) in [5.74, 6) is -0.446. The summed E-state index contributed by atoms with van der Waals surface area (Å²) in [6.07, 6.45) is 5.82.